The average molecular weight is 358 g/mol. The van der Waals surface area contributed by atoms with Gasteiger partial charge >= 0.3 is 0 Å². The molecule has 2 aromatic heterocycles. The highest BCUT2D eigenvalue weighted by molar-refractivity contribution is 5.05. The summed E-state index contributed by atoms with van der Waals surface area (Å²) >= 11 is 0. The van der Waals surface area contributed by atoms with Crippen LogP contribution in [-0.4, -0.2) is 53.8 Å². The summed E-state index contributed by atoms with van der Waals surface area (Å²) in [6, 6.07) is 0. The van der Waals surface area contributed by atoms with Crippen LogP contribution in [0.1, 0.15) is 61.9 Å². The van der Waals surface area contributed by atoms with Crippen molar-refractivity contribution in [2.75, 3.05) is 13.1 Å². The Morgan fingerprint density at radius 2 is 2.15 bits per heavy atom. The Hall–Kier alpha value is -1.80. The lowest BCUT2D eigenvalue weighted by Crippen LogP contribution is -2.49. The molecule has 3 heterocycles. The number of β-amino-alcohol motifs (C(OH)–C–C–N with tert-alkyl or cyclic N) is 1. The smallest absolute Gasteiger partial charge is 0.229 e. The number of hydrogen-bond donors (Lipinski definition) is 1. The minimum atomic E-state index is -0.810. The fourth-order valence-electron chi connectivity index (χ4n) is 3.91. The fourth-order valence-corrected chi connectivity index (χ4v) is 3.91. The van der Waals surface area contributed by atoms with Crippen molar-refractivity contribution < 1.29 is 9.63 Å². The summed E-state index contributed by atoms with van der Waals surface area (Å²) in [5.41, 5.74) is 0.166. The highest BCUT2D eigenvalue weighted by Gasteiger charge is 2.36. The molecule has 0 aromatic carbocycles. The van der Waals surface area contributed by atoms with Crippen molar-refractivity contribution in [3.8, 4) is 0 Å². The van der Waals surface area contributed by atoms with Gasteiger partial charge in [-0.1, -0.05) is 10.4 Å². The molecule has 1 unspecified atom stereocenters. The Bertz CT molecular complexity index is 765. The topological polar surface area (TPSA) is 93.1 Å². The molecule has 1 aliphatic heterocycles. The standard InChI is InChI=1S/C18H26N6O2/c25-18(8-16-19-17(21-26-16)14-4-5-14)6-1-7-23(12-18)10-15-11-24(22-20-15)9-13-2-3-13/h11,13-14,25H,1-10,12H2. The third-order valence-corrected chi connectivity index (χ3v) is 5.65. The van der Waals surface area contributed by atoms with Gasteiger partial charge in [-0.2, -0.15) is 4.98 Å². The Kier molecular flexibility index (Phi) is 4.04. The highest BCUT2D eigenvalue weighted by atomic mass is 16.5. The maximum absolute atomic E-state index is 11.1. The van der Waals surface area contributed by atoms with Gasteiger partial charge in [0.15, 0.2) is 5.82 Å². The number of piperidine rings is 1. The van der Waals surface area contributed by atoms with Crippen molar-refractivity contribution >= 4 is 0 Å². The third kappa shape index (κ3) is 3.81. The maximum atomic E-state index is 11.1. The Labute approximate surface area is 152 Å². The SMILES string of the molecule is OC1(Cc2nc(C3CC3)no2)CCCN(Cc2cn(CC3CC3)nn2)C1. The maximum Gasteiger partial charge on any atom is 0.229 e. The molecule has 0 radical (unpaired) electrons. The molecular weight excluding hydrogens is 332 g/mol. The number of rotatable bonds is 7. The molecule has 1 atom stereocenters. The second-order valence-electron chi connectivity index (χ2n) is 8.41. The minimum Gasteiger partial charge on any atom is -0.388 e. The quantitative estimate of drug-likeness (QED) is 0.802. The second-order valence-corrected chi connectivity index (χ2v) is 8.41. The van der Waals surface area contributed by atoms with E-state index in [1.54, 1.807) is 0 Å². The second kappa shape index (κ2) is 6.42. The molecule has 0 spiro atoms. The molecule has 5 rings (SSSR count). The Morgan fingerprint density at radius 3 is 2.96 bits per heavy atom. The molecule has 1 saturated heterocycles. The lowest BCUT2D eigenvalue weighted by Gasteiger charge is -2.38. The van der Waals surface area contributed by atoms with Gasteiger partial charge in [-0.3, -0.25) is 9.58 Å². The van der Waals surface area contributed by atoms with E-state index >= 15 is 0 Å². The summed E-state index contributed by atoms with van der Waals surface area (Å²) in [6.07, 6.45) is 9.12. The van der Waals surface area contributed by atoms with Crippen LogP contribution in [0.3, 0.4) is 0 Å². The molecule has 0 bridgehead atoms. The van der Waals surface area contributed by atoms with Gasteiger partial charge in [0.25, 0.3) is 0 Å². The predicted molar refractivity (Wildman–Crippen MR) is 92.2 cm³/mol. The van der Waals surface area contributed by atoms with Crippen LogP contribution in [0.4, 0.5) is 0 Å². The first-order valence-electron chi connectivity index (χ1n) is 9.81. The minimum absolute atomic E-state index is 0.428. The van der Waals surface area contributed by atoms with E-state index in [1.165, 1.54) is 12.8 Å². The molecule has 8 heteroatoms. The van der Waals surface area contributed by atoms with E-state index in [1.807, 2.05) is 10.9 Å². The van der Waals surface area contributed by atoms with Crippen LogP contribution in [0.15, 0.2) is 10.7 Å². The number of aliphatic hydroxyl groups is 1. The third-order valence-electron chi connectivity index (χ3n) is 5.65. The van der Waals surface area contributed by atoms with Crippen molar-refractivity contribution in [3.05, 3.63) is 23.6 Å². The zero-order valence-corrected chi connectivity index (χ0v) is 15.0. The van der Waals surface area contributed by atoms with Crippen molar-refractivity contribution in [3.63, 3.8) is 0 Å². The van der Waals surface area contributed by atoms with Gasteiger partial charge in [0, 0.05) is 31.7 Å². The molecule has 8 nitrogen and oxygen atoms in total. The first kappa shape index (κ1) is 16.4. The van der Waals surface area contributed by atoms with Crippen LogP contribution < -0.4 is 0 Å². The van der Waals surface area contributed by atoms with Crippen LogP contribution in [0, 0.1) is 5.92 Å². The zero-order chi connectivity index (χ0) is 17.6. The van der Waals surface area contributed by atoms with Crippen LogP contribution in [0.25, 0.3) is 0 Å². The molecular formula is C18H26N6O2. The van der Waals surface area contributed by atoms with Crippen LogP contribution in [-0.2, 0) is 19.5 Å². The van der Waals surface area contributed by atoms with E-state index < -0.39 is 5.60 Å². The van der Waals surface area contributed by atoms with E-state index in [9.17, 15) is 5.11 Å². The van der Waals surface area contributed by atoms with E-state index in [0.29, 0.717) is 24.8 Å². The first-order valence-corrected chi connectivity index (χ1v) is 9.81. The number of likely N-dealkylation sites (tertiary alicyclic amines) is 1. The zero-order valence-electron chi connectivity index (χ0n) is 15.0. The molecule has 2 aromatic rings. The summed E-state index contributed by atoms with van der Waals surface area (Å²) in [4.78, 5) is 6.73. The van der Waals surface area contributed by atoms with Crippen LogP contribution >= 0.6 is 0 Å². The summed E-state index contributed by atoms with van der Waals surface area (Å²) in [5, 5.41) is 23.7. The normalized spacial score (nSPS) is 27.1. The number of aromatic nitrogens is 5. The van der Waals surface area contributed by atoms with Crippen LogP contribution in [0.2, 0.25) is 0 Å². The Morgan fingerprint density at radius 1 is 1.27 bits per heavy atom. The summed E-state index contributed by atoms with van der Waals surface area (Å²) in [5.74, 6) is 2.64. The van der Waals surface area contributed by atoms with Gasteiger partial charge in [-0.05, 0) is 51.0 Å². The van der Waals surface area contributed by atoms with Gasteiger partial charge in [0.2, 0.25) is 5.89 Å². The van der Waals surface area contributed by atoms with Crippen molar-refractivity contribution in [1.29, 1.82) is 0 Å². The van der Waals surface area contributed by atoms with Crippen molar-refractivity contribution in [2.45, 2.75) is 69.6 Å². The van der Waals surface area contributed by atoms with E-state index in [2.05, 4.69) is 25.4 Å². The number of nitrogens with zero attached hydrogens (tertiary/aromatic N) is 6. The molecule has 2 aliphatic carbocycles. The molecule has 3 aliphatic rings. The van der Waals surface area contributed by atoms with Gasteiger partial charge in [0.05, 0.1) is 17.7 Å². The van der Waals surface area contributed by atoms with Crippen LogP contribution in [0.5, 0.6) is 0 Å². The van der Waals surface area contributed by atoms with Gasteiger partial charge < -0.3 is 9.63 Å². The molecule has 1 N–H and O–H groups in total. The molecule has 140 valence electrons. The Balaban J connectivity index is 1.19. The molecule has 0 amide bonds. The van der Waals surface area contributed by atoms with Gasteiger partial charge in [-0.25, -0.2) is 0 Å². The first-order chi connectivity index (χ1) is 12.7. The van der Waals surface area contributed by atoms with E-state index in [0.717, 1.165) is 62.8 Å². The summed E-state index contributed by atoms with van der Waals surface area (Å²) < 4.78 is 7.33. The molecule has 3 fully saturated rings. The predicted octanol–water partition coefficient (Wildman–Crippen LogP) is 1.52. The van der Waals surface area contributed by atoms with Crippen molar-refractivity contribution in [2.24, 2.45) is 5.92 Å². The largest absolute Gasteiger partial charge is 0.388 e. The summed E-state index contributed by atoms with van der Waals surface area (Å²) in [6.45, 7) is 3.28. The van der Waals surface area contributed by atoms with Gasteiger partial charge in [0.1, 0.15) is 0 Å². The lowest BCUT2D eigenvalue weighted by atomic mass is 9.89. The average Bonchev–Trinajstić information content (AvgIpc) is 3.52. The van der Waals surface area contributed by atoms with E-state index in [4.69, 9.17) is 4.52 Å². The molecule has 2 saturated carbocycles. The van der Waals surface area contributed by atoms with E-state index in [-0.39, 0.29) is 0 Å². The fraction of sp³-hybridized carbons (Fsp3) is 0.778. The molecule has 26 heavy (non-hydrogen) atoms. The van der Waals surface area contributed by atoms with Gasteiger partial charge in [-0.15, -0.1) is 5.10 Å². The lowest BCUT2D eigenvalue weighted by molar-refractivity contribution is -0.0376. The summed E-state index contributed by atoms with van der Waals surface area (Å²) in [7, 11) is 0. The number of hydrogen-bond acceptors (Lipinski definition) is 7. The monoisotopic (exact) mass is 358 g/mol. The van der Waals surface area contributed by atoms with Crippen molar-refractivity contribution in [1.82, 2.24) is 30.0 Å². The highest BCUT2D eigenvalue weighted by Crippen LogP contribution is 2.38.